The summed E-state index contributed by atoms with van der Waals surface area (Å²) >= 11 is 0. The molecule has 2 rings (SSSR count). The SMILES string of the molecule is COC(=O)[C@@H]1C[C@]2(C[C@@H]1C(=O)O)NC(=O)NC2=O. The van der Waals surface area contributed by atoms with Crippen molar-refractivity contribution in [2.75, 3.05) is 7.11 Å². The van der Waals surface area contributed by atoms with Crippen LogP contribution in [-0.2, 0) is 19.1 Å². The Bertz CT molecular complexity index is 448. The number of carboxylic acid groups (broad SMARTS) is 1. The van der Waals surface area contributed by atoms with E-state index in [9.17, 15) is 19.2 Å². The molecule has 0 aromatic carbocycles. The molecule has 0 aromatic heterocycles. The van der Waals surface area contributed by atoms with Gasteiger partial charge in [-0.1, -0.05) is 0 Å². The molecule has 1 heterocycles. The minimum Gasteiger partial charge on any atom is -0.481 e. The molecule has 0 bridgehead atoms. The van der Waals surface area contributed by atoms with E-state index in [1.807, 2.05) is 0 Å². The van der Waals surface area contributed by atoms with Crippen LogP contribution in [0, 0.1) is 11.8 Å². The van der Waals surface area contributed by atoms with Crippen molar-refractivity contribution in [2.24, 2.45) is 11.8 Å². The van der Waals surface area contributed by atoms with E-state index in [0.29, 0.717) is 0 Å². The minimum absolute atomic E-state index is 0.0613. The number of aliphatic carboxylic acids is 1. The second-order valence-corrected chi connectivity index (χ2v) is 4.47. The van der Waals surface area contributed by atoms with Gasteiger partial charge in [-0.2, -0.15) is 0 Å². The van der Waals surface area contributed by atoms with Crippen molar-refractivity contribution in [1.82, 2.24) is 10.6 Å². The smallest absolute Gasteiger partial charge is 0.322 e. The van der Waals surface area contributed by atoms with E-state index in [1.54, 1.807) is 0 Å². The number of imide groups is 1. The van der Waals surface area contributed by atoms with E-state index in [0.717, 1.165) is 7.11 Å². The molecule has 3 N–H and O–H groups in total. The standard InChI is InChI=1S/C10H12N2O6/c1-18-7(15)5-3-10(2-4(5)6(13)14)8(16)11-9(17)12-10/h4-5H,2-3H2,1H3,(H,13,14)(H2,11,12,16,17)/t4-,5+,10-/m0/s1. The number of methoxy groups -OCH3 is 1. The Balaban J connectivity index is 2.29. The molecule has 8 heteroatoms. The number of ether oxygens (including phenoxy) is 1. The Morgan fingerprint density at radius 1 is 1.33 bits per heavy atom. The number of carbonyl (C=O) groups is 4. The normalized spacial score (nSPS) is 34.3. The van der Waals surface area contributed by atoms with Gasteiger partial charge in [0.1, 0.15) is 5.54 Å². The number of hydrogen-bond donors (Lipinski definition) is 3. The van der Waals surface area contributed by atoms with Crippen LogP contribution >= 0.6 is 0 Å². The summed E-state index contributed by atoms with van der Waals surface area (Å²) < 4.78 is 4.53. The zero-order valence-electron chi connectivity index (χ0n) is 9.56. The molecule has 0 unspecified atom stereocenters. The number of carbonyl (C=O) groups excluding carboxylic acids is 3. The van der Waals surface area contributed by atoms with Crippen LogP contribution in [0.5, 0.6) is 0 Å². The fourth-order valence-corrected chi connectivity index (χ4v) is 2.59. The number of rotatable bonds is 2. The predicted octanol–water partition coefficient (Wildman–Crippen LogP) is -1.15. The molecule has 8 nitrogen and oxygen atoms in total. The molecule has 3 atom stereocenters. The number of esters is 1. The van der Waals surface area contributed by atoms with E-state index in [-0.39, 0.29) is 12.8 Å². The van der Waals surface area contributed by atoms with Gasteiger partial charge < -0.3 is 15.2 Å². The van der Waals surface area contributed by atoms with E-state index in [1.165, 1.54) is 0 Å². The van der Waals surface area contributed by atoms with Crippen molar-refractivity contribution in [2.45, 2.75) is 18.4 Å². The second kappa shape index (κ2) is 3.97. The molecule has 3 amide bonds. The third-order valence-electron chi connectivity index (χ3n) is 3.46. The molecule has 1 spiro atoms. The fraction of sp³-hybridized carbons (Fsp3) is 0.600. The van der Waals surface area contributed by atoms with Crippen LogP contribution in [0.15, 0.2) is 0 Å². The second-order valence-electron chi connectivity index (χ2n) is 4.47. The third-order valence-corrected chi connectivity index (χ3v) is 3.46. The molecular formula is C10H12N2O6. The lowest BCUT2D eigenvalue weighted by atomic mass is 9.96. The summed E-state index contributed by atoms with van der Waals surface area (Å²) in [7, 11) is 1.15. The highest BCUT2D eigenvalue weighted by atomic mass is 16.5. The fourth-order valence-electron chi connectivity index (χ4n) is 2.59. The summed E-state index contributed by atoms with van der Waals surface area (Å²) in [5.74, 6) is -4.44. The molecule has 18 heavy (non-hydrogen) atoms. The predicted molar refractivity (Wildman–Crippen MR) is 55.3 cm³/mol. The third kappa shape index (κ3) is 1.69. The van der Waals surface area contributed by atoms with Crippen molar-refractivity contribution in [3.8, 4) is 0 Å². The van der Waals surface area contributed by atoms with Crippen LogP contribution < -0.4 is 10.6 Å². The van der Waals surface area contributed by atoms with Gasteiger partial charge >= 0.3 is 18.0 Å². The molecule has 1 saturated heterocycles. The average molecular weight is 256 g/mol. The lowest BCUT2D eigenvalue weighted by molar-refractivity contribution is -0.154. The summed E-state index contributed by atoms with van der Waals surface area (Å²) in [6, 6.07) is -0.672. The molecule has 0 aromatic rings. The number of hydrogen-bond acceptors (Lipinski definition) is 5. The lowest BCUT2D eigenvalue weighted by Crippen LogP contribution is -2.45. The lowest BCUT2D eigenvalue weighted by Gasteiger charge is -2.18. The maximum atomic E-state index is 11.7. The highest BCUT2D eigenvalue weighted by Crippen LogP contribution is 2.41. The van der Waals surface area contributed by atoms with Crippen molar-refractivity contribution in [1.29, 1.82) is 0 Å². The Morgan fingerprint density at radius 2 is 1.94 bits per heavy atom. The van der Waals surface area contributed by atoms with Crippen molar-refractivity contribution in [3.05, 3.63) is 0 Å². The molecule has 2 aliphatic rings. The zero-order valence-corrected chi connectivity index (χ0v) is 9.56. The first kappa shape index (κ1) is 12.3. The Hall–Kier alpha value is -2.12. The Labute approximate surface area is 102 Å². The van der Waals surface area contributed by atoms with Gasteiger partial charge in [0.15, 0.2) is 0 Å². The zero-order chi connectivity index (χ0) is 13.5. The van der Waals surface area contributed by atoms with Crippen LogP contribution in [0.3, 0.4) is 0 Å². The summed E-state index contributed by atoms with van der Waals surface area (Å²) in [5, 5.41) is 13.5. The van der Waals surface area contributed by atoms with E-state index < -0.39 is 41.3 Å². The first-order valence-corrected chi connectivity index (χ1v) is 5.34. The van der Waals surface area contributed by atoms with Gasteiger partial charge in [0.25, 0.3) is 5.91 Å². The quantitative estimate of drug-likeness (QED) is 0.423. The first-order chi connectivity index (χ1) is 8.39. The highest BCUT2D eigenvalue weighted by molar-refractivity contribution is 6.08. The minimum atomic E-state index is -1.31. The van der Waals surface area contributed by atoms with Gasteiger partial charge in [-0.3, -0.25) is 19.7 Å². The summed E-state index contributed by atoms with van der Waals surface area (Å²) in [5.41, 5.74) is -1.31. The Kier molecular flexibility index (Phi) is 2.72. The molecule has 98 valence electrons. The van der Waals surface area contributed by atoms with E-state index in [4.69, 9.17) is 5.11 Å². The van der Waals surface area contributed by atoms with Crippen molar-refractivity contribution < 1.29 is 29.0 Å². The summed E-state index contributed by atoms with van der Waals surface area (Å²) in [4.78, 5) is 45.5. The Morgan fingerprint density at radius 3 is 2.39 bits per heavy atom. The number of carboxylic acids is 1. The van der Waals surface area contributed by atoms with Gasteiger partial charge in [-0.25, -0.2) is 4.79 Å². The maximum absolute atomic E-state index is 11.7. The van der Waals surface area contributed by atoms with E-state index >= 15 is 0 Å². The van der Waals surface area contributed by atoms with Gasteiger partial charge in [0.05, 0.1) is 18.9 Å². The first-order valence-electron chi connectivity index (χ1n) is 5.34. The molecule has 1 aliphatic heterocycles. The van der Waals surface area contributed by atoms with Crippen molar-refractivity contribution >= 4 is 23.9 Å². The molecule has 0 radical (unpaired) electrons. The van der Waals surface area contributed by atoms with Gasteiger partial charge in [-0.15, -0.1) is 0 Å². The van der Waals surface area contributed by atoms with Gasteiger partial charge in [0, 0.05) is 0 Å². The monoisotopic (exact) mass is 256 g/mol. The van der Waals surface area contributed by atoms with E-state index in [2.05, 4.69) is 15.4 Å². The molecule has 1 saturated carbocycles. The average Bonchev–Trinajstić information content (AvgIpc) is 2.80. The van der Waals surface area contributed by atoms with Crippen LogP contribution in [0.2, 0.25) is 0 Å². The van der Waals surface area contributed by atoms with Crippen LogP contribution in [0.1, 0.15) is 12.8 Å². The van der Waals surface area contributed by atoms with Gasteiger partial charge in [0.2, 0.25) is 0 Å². The largest absolute Gasteiger partial charge is 0.481 e. The van der Waals surface area contributed by atoms with Crippen molar-refractivity contribution in [3.63, 3.8) is 0 Å². The number of amides is 3. The number of nitrogens with one attached hydrogen (secondary N) is 2. The number of urea groups is 1. The molecular weight excluding hydrogens is 244 g/mol. The summed E-state index contributed by atoms with van der Waals surface area (Å²) in [6.45, 7) is 0. The highest BCUT2D eigenvalue weighted by Gasteiger charge is 2.58. The maximum Gasteiger partial charge on any atom is 0.322 e. The van der Waals surface area contributed by atoms with Gasteiger partial charge in [-0.05, 0) is 12.8 Å². The topological polar surface area (TPSA) is 122 Å². The summed E-state index contributed by atoms with van der Waals surface area (Å²) in [6.07, 6.45) is -0.173. The van der Waals surface area contributed by atoms with Crippen LogP contribution in [0.25, 0.3) is 0 Å². The van der Waals surface area contributed by atoms with Crippen LogP contribution in [-0.4, -0.2) is 41.6 Å². The molecule has 1 aliphatic carbocycles. The molecule has 2 fully saturated rings. The van der Waals surface area contributed by atoms with Crippen LogP contribution in [0.4, 0.5) is 4.79 Å².